The van der Waals surface area contributed by atoms with Crippen LogP contribution in [0.2, 0.25) is 0 Å². The molecule has 58 heavy (non-hydrogen) atoms. The van der Waals surface area contributed by atoms with Gasteiger partial charge < -0.3 is 14.1 Å². The van der Waals surface area contributed by atoms with Crippen LogP contribution in [0.25, 0.3) is 44.2 Å². The van der Waals surface area contributed by atoms with Crippen molar-refractivity contribution in [2.45, 2.75) is 97.3 Å². The molecule has 6 rings (SSSR count). The normalized spacial score (nSPS) is 11.4. The smallest absolute Gasteiger partial charge is 0.338 e. The molecule has 0 saturated heterocycles. The fraction of sp³-hybridized carbons (Fsp3) is 0.388. The maximum absolute atomic E-state index is 12.7. The van der Waals surface area contributed by atoms with Crippen molar-refractivity contribution in [3.63, 3.8) is 0 Å². The molecule has 0 atom stereocenters. The maximum atomic E-state index is 12.7. The van der Waals surface area contributed by atoms with E-state index >= 15 is 0 Å². The summed E-state index contributed by atoms with van der Waals surface area (Å²) < 4.78 is 45.4. The largest absolute Gasteiger partial charge is 0.465 e. The number of methoxy groups -OCH3 is 1. The van der Waals surface area contributed by atoms with Gasteiger partial charge in [-0.15, -0.1) is 0 Å². The van der Waals surface area contributed by atoms with Crippen molar-refractivity contribution in [2.75, 3.05) is 38.2 Å². The third-order valence-electron chi connectivity index (χ3n) is 11.0. The van der Waals surface area contributed by atoms with Crippen LogP contribution >= 0.6 is 0 Å². The molecule has 1 heterocycles. The zero-order chi connectivity index (χ0) is 41.7. The number of fused-ring (bicyclic) bond motifs is 3. The molecule has 2 aliphatic rings. The number of benzene rings is 5. The molecular weight excluding hydrogens is 745 g/mol. The second-order valence-corrected chi connectivity index (χ2v) is 16.2. The summed E-state index contributed by atoms with van der Waals surface area (Å²) in [6, 6.07) is 31.1. The highest BCUT2D eigenvalue weighted by atomic mass is 32.2. The van der Waals surface area contributed by atoms with E-state index in [-0.39, 0.29) is 10.9 Å². The van der Waals surface area contributed by atoms with E-state index in [1.165, 1.54) is 76.2 Å². The first-order valence-electron chi connectivity index (χ1n) is 21.1. The van der Waals surface area contributed by atoms with Crippen molar-refractivity contribution >= 4 is 43.5 Å². The van der Waals surface area contributed by atoms with E-state index < -0.39 is 10.1 Å². The van der Waals surface area contributed by atoms with Crippen LogP contribution < -0.4 is 14.8 Å². The summed E-state index contributed by atoms with van der Waals surface area (Å²) in [6.07, 6.45) is 11.6. The van der Waals surface area contributed by atoms with Gasteiger partial charge in [0, 0.05) is 47.4 Å². The minimum atomic E-state index is -4.13. The Hall–Kier alpha value is -4.99. The molecule has 0 radical (unpaired) electrons. The summed E-state index contributed by atoms with van der Waals surface area (Å²) in [5.41, 5.74) is 6.53. The van der Waals surface area contributed by atoms with E-state index in [1.807, 2.05) is 30.3 Å². The van der Waals surface area contributed by atoms with Crippen LogP contribution in [0.1, 0.15) is 102 Å². The average Bonchev–Trinajstić information content (AvgIpc) is 3.24. The van der Waals surface area contributed by atoms with Crippen LogP contribution in [0, 0.1) is 0 Å². The van der Waals surface area contributed by atoms with E-state index in [4.69, 9.17) is 13.7 Å². The van der Waals surface area contributed by atoms with E-state index in [2.05, 4.69) is 92.6 Å². The molecule has 0 spiro atoms. The van der Waals surface area contributed by atoms with Gasteiger partial charge in [-0.25, -0.2) is 9.37 Å². The molecular formula is C49H61N2O6S+. The number of carbonyl (C=O) groups is 1. The van der Waals surface area contributed by atoms with Gasteiger partial charge in [0.05, 0.1) is 23.6 Å². The minimum Gasteiger partial charge on any atom is -0.465 e. The van der Waals surface area contributed by atoms with Crippen LogP contribution in [0.3, 0.4) is 0 Å². The zero-order valence-electron chi connectivity index (χ0n) is 35.2. The van der Waals surface area contributed by atoms with Gasteiger partial charge in [0.25, 0.3) is 10.1 Å². The highest BCUT2D eigenvalue weighted by molar-refractivity contribution is 7.85. The quantitative estimate of drug-likeness (QED) is 0.0322. The third-order valence-corrected chi connectivity index (χ3v) is 11.9. The fourth-order valence-corrected chi connectivity index (χ4v) is 8.29. The Balaban J connectivity index is 0.000000235. The summed E-state index contributed by atoms with van der Waals surface area (Å²) in [4.78, 5) is 14.9. The number of aryl methyl sites for hydroxylation is 1. The van der Waals surface area contributed by atoms with Crippen LogP contribution in [0.15, 0.2) is 106 Å². The SMILES string of the molecule is CCCCCCCCCCc1ccc2cc(S(=O)(=O)O)ccc2c1.CCN(CC)c1ccc2c(-c3ccccc3C(=O)OC)c3ccc(=[N+](CC)CC)cc-3oc2c1. The van der Waals surface area contributed by atoms with Crippen molar-refractivity contribution < 1.29 is 26.9 Å². The molecule has 0 amide bonds. The molecule has 1 N–H and O–H groups in total. The van der Waals surface area contributed by atoms with Crippen molar-refractivity contribution in [3.8, 4) is 22.5 Å². The lowest BCUT2D eigenvalue weighted by molar-refractivity contribution is 0.0601. The Morgan fingerprint density at radius 2 is 1.40 bits per heavy atom. The monoisotopic (exact) mass is 805 g/mol. The predicted octanol–water partition coefficient (Wildman–Crippen LogP) is 11.4. The summed E-state index contributed by atoms with van der Waals surface area (Å²) in [5, 5.41) is 3.94. The second kappa shape index (κ2) is 21.1. The van der Waals surface area contributed by atoms with Gasteiger partial charge in [0.1, 0.15) is 24.4 Å². The van der Waals surface area contributed by atoms with Gasteiger partial charge in [-0.3, -0.25) is 4.55 Å². The second-order valence-electron chi connectivity index (χ2n) is 14.8. The van der Waals surface area contributed by atoms with Gasteiger partial charge in [-0.2, -0.15) is 8.42 Å². The van der Waals surface area contributed by atoms with Crippen LogP contribution in [0.4, 0.5) is 5.69 Å². The predicted molar refractivity (Wildman–Crippen MR) is 240 cm³/mol. The van der Waals surface area contributed by atoms with E-state index in [0.717, 1.165) is 87.8 Å². The summed E-state index contributed by atoms with van der Waals surface area (Å²) in [6.45, 7) is 14.5. The van der Waals surface area contributed by atoms with Crippen molar-refractivity contribution in [1.29, 1.82) is 0 Å². The highest BCUT2D eigenvalue weighted by Gasteiger charge is 2.23. The number of carbonyl (C=O) groups excluding carboxylic acids is 1. The molecule has 0 fully saturated rings. The average molecular weight is 806 g/mol. The van der Waals surface area contributed by atoms with Gasteiger partial charge in [0.15, 0.2) is 0 Å². The zero-order valence-corrected chi connectivity index (χ0v) is 36.0. The number of ether oxygens (including phenoxy) is 1. The van der Waals surface area contributed by atoms with Gasteiger partial charge in [-0.1, -0.05) is 94.3 Å². The molecule has 8 nitrogen and oxygen atoms in total. The van der Waals surface area contributed by atoms with E-state index in [1.54, 1.807) is 6.07 Å². The Kier molecular flexibility index (Phi) is 16.1. The number of rotatable bonds is 17. The first-order valence-corrected chi connectivity index (χ1v) is 22.5. The Morgan fingerprint density at radius 1 is 0.724 bits per heavy atom. The first-order chi connectivity index (χ1) is 28.1. The lowest BCUT2D eigenvalue weighted by Crippen LogP contribution is -2.29. The molecule has 4 aromatic carbocycles. The number of anilines is 1. The molecule has 0 bridgehead atoms. The van der Waals surface area contributed by atoms with Crippen molar-refractivity contribution in [3.05, 3.63) is 114 Å². The number of hydrogen-bond acceptors (Lipinski definition) is 6. The van der Waals surface area contributed by atoms with Crippen molar-refractivity contribution in [2.24, 2.45) is 0 Å². The fourth-order valence-electron chi connectivity index (χ4n) is 7.77. The summed E-state index contributed by atoms with van der Waals surface area (Å²) in [7, 11) is -2.71. The molecule has 0 aromatic heterocycles. The topological polar surface area (TPSA) is 100 Å². The minimum absolute atomic E-state index is 0.0502. The van der Waals surface area contributed by atoms with Gasteiger partial charge >= 0.3 is 5.97 Å². The molecule has 9 heteroatoms. The Labute approximate surface area is 345 Å². The molecule has 4 aromatic rings. The van der Waals surface area contributed by atoms with Crippen LogP contribution in [-0.2, 0) is 21.3 Å². The summed E-state index contributed by atoms with van der Waals surface area (Å²) >= 11 is 0. The van der Waals surface area contributed by atoms with Crippen molar-refractivity contribution in [1.82, 2.24) is 4.58 Å². The Morgan fingerprint density at radius 3 is 2.07 bits per heavy atom. The van der Waals surface area contributed by atoms with E-state index in [9.17, 15) is 13.2 Å². The number of hydrogen-bond donors (Lipinski definition) is 1. The van der Waals surface area contributed by atoms with Crippen LogP contribution in [0.5, 0.6) is 0 Å². The lowest BCUT2D eigenvalue weighted by Gasteiger charge is -2.22. The molecule has 0 saturated carbocycles. The van der Waals surface area contributed by atoms with E-state index in [0.29, 0.717) is 5.56 Å². The van der Waals surface area contributed by atoms with Gasteiger partial charge in [0.2, 0.25) is 5.36 Å². The van der Waals surface area contributed by atoms with Crippen LogP contribution in [-0.4, -0.2) is 52.2 Å². The molecule has 1 aliphatic carbocycles. The standard InChI is InChI=1S/C29H33N2O3.C20H28O3S/c1-6-30(7-2)20-14-16-24-26(18-20)34-27-19-21(31(8-3)9-4)15-17-25(27)28(24)22-12-10-11-13-23(22)29(32)33-5;1-2-3-4-5-6-7-8-9-10-17-11-12-19-16-20(24(21,22)23)14-13-18(19)15-17/h10-19H,6-9H2,1-5H3;11-16H,2-10H2,1H3,(H,21,22,23)/q+1;. The third kappa shape index (κ3) is 10.9. The van der Waals surface area contributed by atoms with Gasteiger partial charge in [-0.05, 0) is 98.8 Å². The maximum Gasteiger partial charge on any atom is 0.338 e. The lowest BCUT2D eigenvalue weighted by atomic mass is 9.90. The molecule has 1 aliphatic heterocycles. The molecule has 0 unspecified atom stereocenters. The Bertz CT molecular complexity index is 2440. The summed E-state index contributed by atoms with van der Waals surface area (Å²) in [5.74, 6) is 0.445. The highest BCUT2D eigenvalue weighted by Crippen LogP contribution is 2.42. The number of unbranched alkanes of at least 4 members (excludes halogenated alkanes) is 7. The number of nitrogens with zero attached hydrogens (tertiary/aromatic N) is 2. The number of esters is 1. The first kappa shape index (κ1) is 44.1. The molecule has 308 valence electrons.